The second-order valence-electron chi connectivity index (χ2n) is 3.01. The molecule has 0 saturated carbocycles. The van der Waals surface area contributed by atoms with Gasteiger partial charge in [-0.1, -0.05) is 0 Å². The smallest absolute Gasteiger partial charge is 0.343 e. The van der Waals surface area contributed by atoms with Crippen LogP contribution in [0.4, 0.5) is 5.82 Å². The maximum absolute atomic E-state index is 11.3. The van der Waals surface area contributed by atoms with Gasteiger partial charge in [0.05, 0.1) is 7.11 Å². The van der Waals surface area contributed by atoms with Gasteiger partial charge in [0.1, 0.15) is 17.7 Å². The highest BCUT2D eigenvalue weighted by atomic mass is 16.5. The van der Waals surface area contributed by atoms with Crippen molar-refractivity contribution in [2.24, 2.45) is 0 Å². The van der Waals surface area contributed by atoms with Crippen LogP contribution in [0, 0.1) is 12.3 Å². The molecule has 0 aromatic carbocycles. The molecule has 84 valence electrons. The molecule has 1 aromatic heterocycles. The fraction of sp³-hybridized carbons (Fsp3) is 0.364. The van der Waals surface area contributed by atoms with Gasteiger partial charge in [0.2, 0.25) is 0 Å². The van der Waals surface area contributed by atoms with Crippen molar-refractivity contribution < 1.29 is 9.53 Å². The van der Waals surface area contributed by atoms with Crippen molar-refractivity contribution in [3.05, 3.63) is 18.1 Å². The number of carbonyl (C=O) groups excluding carboxylic acids is 1. The number of terminal acetylenes is 1. The molecule has 0 aliphatic heterocycles. The molecule has 0 radical (unpaired) electrons. The number of rotatable bonds is 5. The van der Waals surface area contributed by atoms with Gasteiger partial charge >= 0.3 is 5.97 Å². The fourth-order valence-corrected chi connectivity index (χ4v) is 1.13. The van der Waals surface area contributed by atoms with Crippen LogP contribution in [-0.2, 0) is 4.74 Å². The van der Waals surface area contributed by atoms with Crippen molar-refractivity contribution in [3.63, 3.8) is 0 Å². The third-order valence-corrected chi connectivity index (χ3v) is 1.91. The third kappa shape index (κ3) is 3.24. The molecule has 0 spiro atoms. The van der Waals surface area contributed by atoms with Crippen LogP contribution in [0.5, 0.6) is 0 Å². The number of nitrogens with one attached hydrogen (secondary N) is 1. The van der Waals surface area contributed by atoms with Crippen LogP contribution >= 0.6 is 0 Å². The summed E-state index contributed by atoms with van der Waals surface area (Å²) in [5.41, 5.74) is 0.325. The van der Waals surface area contributed by atoms with Crippen LogP contribution in [0.25, 0.3) is 0 Å². The highest BCUT2D eigenvalue weighted by molar-refractivity contribution is 5.94. The number of anilines is 1. The van der Waals surface area contributed by atoms with E-state index in [1.54, 1.807) is 0 Å². The Morgan fingerprint density at radius 2 is 2.50 bits per heavy atom. The lowest BCUT2D eigenvalue weighted by Gasteiger charge is -2.07. The van der Waals surface area contributed by atoms with Crippen molar-refractivity contribution in [2.75, 3.05) is 19.0 Å². The molecule has 1 rings (SSSR count). The molecule has 0 aliphatic carbocycles. The van der Waals surface area contributed by atoms with Crippen LogP contribution < -0.4 is 5.32 Å². The summed E-state index contributed by atoms with van der Waals surface area (Å²) in [4.78, 5) is 19.1. The Kier molecular flexibility index (Phi) is 4.80. The average molecular weight is 219 g/mol. The van der Waals surface area contributed by atoms with Gasteiger partial charge in [0, 0.05) is 19.2 Å². The zero-order valence-corrected chi connectivity index (χ0v) is 9.06. The number of carbonyl (C=O) groups is 1. The molecule has 5 nitrogen and oxygen atoms in total. The Bertz CT molecular complexity index is 398. The van der Waals surface area contributed by atoms with Gasteiger partial charge in [-0.05, 0) is 6.42 Å². The van der Waals surface area contributed by atoms with E-state index in [1.165, 1.54) is 19.6 Å². The Labute approximate surface area is 94.2 Å². The third-order valence-electron chi connectivity index (χ3n) is 1.91. The van der Waals surface area contributed by atoms with Crippen LogP contribution in [0.2, 0.25) is 0 Å². The highest BCUT2D eigenvalue weighted by Crippen LogP contribution is 2.11. The first-order valence-electron chi connectivity index (χ1n) is 4.85. The van der Waals surface area contributed by atoms with E-state index in [9.17, 15) is 4.79 Å². The summed E-state index contributed by atoms with van der Waals surface area (Å²) < 4.78 is 4.61. The Hall–Kier alpha value is -2.09. The zero-order chi connectivity index (χ0) is 11.8. The average Bonchev–Trinajstić information content (AvgIpc) is 2.34. The number of hydrogen-bond donors (Lipinski definition) is 1. The van der Waals surface area contributed by atoms with Crippen molar-refractivity contribution in [1.29, 1.82) is 0 Å². The van der Waals surface area contributed by atoms with Crippen molar-refractivity contribution >= 4 is 11.8 Å². The summed E-state index contributed by atoms with van der Waals surface area (Å²) in [6.07, 6.45) is 9.43. The quantitative estimate of drug-likeness (QED) is 0.456. The number of unbranched alkanes of at least 4 members (excludes halogenated alkanes) is 1. The van der Waals surface area contributed by atoms with E-state index < -0.39 is 5.97 Å². The molecule has 16 heavy (non-hydrogen) atoms. The van der Waals surface area contributed by atoms with Gasteiger partial charge < -0.3 is 10.1 Å². The number of ether oxygens (including phenoxy) is 1. The van der Waals surface area contributed by atoms with Crippen molar-refractivity contribution in [1.82, 2.24) is 9.97 Å². The van der Waals surface area contributed by atoms with Crippen molar-refractivity contribution in [2.45, 2.75) is 12.8 Å². The van der Waals surface area contributed by atoms with E-state index in [0.29, 0.717) is 24.3 Å². The number of aromatic nitrogens is 2. The number of nitrogens with zero attached hydrogens (tertiary/aromatic N) is 2. The molecule has 0 atom stereocenters. The molecule has 1 heterocycles. The first-order valence-corrected chi connectivity index (χ1v) is 4.85. The highest BCUT2D eigenvalue weighted by Gasteiger charge is 2.12. The molecule has 0 amide bonds. The molecule has 0 bridgehead atoms. The summed E-state index contributed by atoms with van der Waals surface area (Å²) in [6.45, 7) is 0.658. The first kappa shape index (κ1) is 12.0. The number of methoxy groups -OCH3 is 1. The van der Waals surface area contributed by atoms with E-state index in [2.05, 4.69) is 25.9 Å². The van der Waals surface area contributed by atoms with E-state index in [-0.39, 0.29) is 0 Å². The van der Waals surface area contributed by atoms with E-state index >= 15 is 0 Å². The van der Waals surface area contributed by atoms with Gasteiger partial charge in [-0.3, -0.25) is 0 Å². The molecule has 1 aromatic rings. The molecule has 0 saturated heterocycles. The van der Waals surface area contributed by atoms with Gasteiger partial charge in [0.15, 0.2) is 0 Å². The summed E-state index contributed by atoms with van der Waals surface area (Å²) in [7, 11) is 1.32. The molecule has 5 heteroatoms. The first-order chi connectivity index (χ1) is 7.79. The maximum atomic E-state index is 11.3. The molecule has 1 N–H and O–H groups in total. The Balaban J connectivity index is 2.65. The van der Waals surface area contributed by atoms with E-state index in [0.717, 1.165) is 6.42 Å². The van der Waals surface area contributed by atoms with Gasteiger partial charge in [-0.2, -0.15) is 0 Å². The second kappa shape index (κ2) is 6.40. The minimum absolute atomic E-state index is 0.325. The Morgan fingerprint density at radius 3 is 3.19 bits per heavy atom. The minimum atomic E-state index is -0.458. The molecule has 0 fully saturated rings. The van der Waals surface area contributed by atoms with E-state index in [4.69, 9.17) is 6.42 Å². The monoisotopic (exact) mass is 219 g/mol. The van der Waals surface area contributed by atoms with Crippen LogP contribution in [0.15, 0.2) is 12.5 Å². The van der Waals surface area contributed by atoms with Gasteiger partial charge in [-0.25, -0.2) is 14.8 Å². The Morgan fingerprint density at radius 1 is 1.69 bits per heavy atom. The van der Waals surface area contributed by atoms with Crippen LogP contribution in [-0.4, -0.2) is 29.6 Å². The molecule has 0 aliphatic rings. The molecular weight excluding hydrogens is 206 g/mol. The van der Waals surface area contributed by atoms with Gasteiger partial charge in [-0.15, -0.1) is 12.3 Å². The van der Waals surface area contributed by atoms with Gasteiger partial charge in [0.25, 0.3) is 0 Å². The van der Waals surface area contributed by atoms with Crippen LogP contribution in [0.1, 0.15) is 23.2 Å². The lowest BCUT2D eigenvalue weighted by molar-refractivity contribution is 0.0601. The van der Waals surface area contributed by atoms with E-state index in [1.807, 2.05) is 0 Å². The summed E-state index contributed by atoms with van der Waals surface area (Å²) >= 11 is 0. The van der Waals surface area contributed by atoms with Crippen LogP contribution in [0.3, 0.4) is 0 Å². The predicted molar refractivity (Wildman–Crippen MR) is 59.9 cm³/mol. The fourth-order valence-electron chi connectivity index (χ4n) is 1.13. The topological polar surface area (TPSA) is 64.1 Å². The zero-order valence-electron chi connectivity index (χ0n) is 9.06. The summed E-state index contributed by atoms with van der Waals surface area (Å²) in [6, 6.07) is 0. The number of hydrogen-bond acceptors (Lipinski definition) is 5. The summed E-state index contributed by atoms with van der Waals surface area (Å²) in [5.74, 6) is 2.55. The number of esters is 1. The minimum Gasteiger partial charge on any atom is -0.465 e. The van der Waals surface area contributed by atoms with Crippen molar-refractivity contribution in [3.8, 4) is 12.3 Å². The lowest BCUT2D eigenvalue weighted by atomic mass is 10.3. The second-order valence-corrected chi connectivity index (χ2v) is 3.01. The maximum Gasteiger partial charge on any atom is 0.343 e. The summed E-state index contributed by atoms with van der Waals surface area (Å²) in [5, 5.41) is 3.02. The predicted octanol–water partition coefficient (Wildman–Crippen LogP) is 1.09. The largest absolute Gasteiger partial charge is 0.465 e. The SMILES string of the molecule is C#CCCCNc1ncncc1C(=O)OC. The lowest BCUT2D eigenvalue weighted by Crippen LogP contribution is -2.11. The standard InChI is InChI=1S/C11H13N3O2/c1-3-4-5-6-13-10-9(11(15)16-2)7-12-8-14-10/h1,7-8H,4-6H2,2H3,(H,12,13,14). The molecular formula is C11H13N3O2. The molecule has 0 unspecified atom stereocenters. The normalized spacial score (nSPS) is 9.25.